The third-order valence-electron chi connectivity index (χ3n) is 2.97. The summed E-state index contributed by atoms with van der Waals surface area (Å²) in [4.78, 5) is 3.94. The van der Waals surface area contributed by atoms with Crippen LogP contribution in [0.2, 0.25) is 5.02 Å². The van der Waals surface area contributed by atoms with E-state index in [-0.39, 0.29) is 5.41 Å². The van der Waals surface area contributed by atoms with Gasteiger partial charge in [-0.25, -0.2) is 9.67 Å². The second-order valence-electron chi connectivity index (χ2n) is 5.73. The Morgan fingerprint density at radius 1 is 1.30 bits per heavy atom. The van der Waals surface area contributed by atoms with Crippen molar-refractivity contribution in [1.29, 1.82) is 0 Å². The predicted molar refractivity (Wildman–Crippen MR) is 81.1 cm³/mol. The van der Waals surface area contributed by atoms with Gasteiger partial charge < -0.3 is 5.11 Å². The van der Waals surface area contributed by atoms with Gasteiger partial charge in [-0.1, -0.05) is 44.5 Å². The first-order valence-electron chi connectivity index (χ1n) is 6.38. The monoisotopic (exact) mass is 291 g/mol. The predicted octanol–water partition coefficient (Wildman–Crippen LogP) is 3.34. The van der Waals surface area contributed by atoms with Gasteiger partial charge >= 0.3 is 0 Å². The molecule has 106 valence electrons. The van der Waals surface area contributed by atoms with Gasteiger partial charge in [-0.05, 0) is 29.2 Å². The number of hydrogen-bond acceptors (Lipinski definition) is 3. The largest absolute Gasteiger partial charge is 0.386 e. The zero-order chi connectivity index (χ0) is 14.8. The fraction of sp³-hybridized carbons (Fsp3) is 0.333. The van der Waals surface area contributed by atoms with Crippen LogP contribution in [0, 0.1) is 5.41 Å². The van der Waals surface area contributed by atoms with Crippen LogP contribution in [0.5, 0.6) is 0 Å². The summed E-state index contributed by atoms with van der Waals surface area (Å²) in [6.07, 6.45) is 4.25. The van der Waals surface area contributed by atoms with Crippen LogP contribution in [0.25, 0.3) is 11.8 Å². The third-order valence-corrected chi connectivity index (χ3v) is 3.22. The minimum absolute atomic E-state index is 0.301. The van der Waals surface area contributed by atoms with Crippen LogP contribution in [0.3, 0.4) is 0 Å². The van der Waals surface area contributed by atoms with Crippen LogP contribution in [0.4, 0.5) is 0 Å². The maximum Gasteiger partial charge on any atom is 0.138 e. The standard InChI is InChI=1S/C15H18ClN3O/c1-15(2,3)14(20)13(19-10-17-9-18-19)8-11-4-6-12(16)7-5-11/h4-10,14,20H,1-3H3/t14-/m0/s1. The first-order valence-corrected chi connectivity index (χ1v) is 6.76. The number of benzene rings is 1. The minimum Gasteiger partial charge on any atom is -0.386 e. The molecule has 1 aromatic carbocycles. The van der Waals surface area contributed by atoms with Crippen LogP contribution in [0.15, 0.2) is 36.9 Å². The van der Waals surface area contributed by atoms with E-state index in [0.717, 1.165) is 5.56 Å². The summed E-state index contributed by atoms with van der Waals surface area (Å²) in [6, 6.07) is 7.43. The number of aliphatic hydroxyl groups excluding tert-OH is 1. The highest BCUT2D eigenvalue weighted by atomic mass is 35.5. The van der Waals surface area contributed by atoms with E-state index in [2.05, 4.69) is 10.1 Å². The molecule has 0 saturated carbocycles. The van der Waals surface area contributed by atoms with E-state index in [1.54, 1.807) is 11.0 Å². The van der Waals surface area contributed by atoms with Gasteiger partial charge in [0.2, 0.25) is 0 Å². The van der Waals surface area contributed by atoms with Crippen LogP contribution < -0.4 is 0 Å². The molecular formula is C15H18ClN3O. The average Bonchev–Trinajstić information content (AvgIpc) is 2.90. The normalized spacial score (nSPS) is 14.3. The Morgan fingerprint density at radius 3 is 2.45 bits per heavy atom. The van der Waals surface area contributed by atoms with E-state index in [9.17, 15) is 5.11 Å². The van der Waals surface area contributed by atoms with E-state index in [1.807, 2.05) is 51.1 Å². The van der Waals surface area contributed by atoms with E-state index in [0.29, 0.717) is 10.7 Å². The molecule has 1 heterocycles. The van der Waals surface area contributed by atoms with Gasteiger partial charge in [-0.2, -0.15) is 5.10 Å². The SMILES string of the molecule is CC(C)(C)[C@@H](O)C(=Cc1ccc(Cl)cc1)n1cncn1. The van der Waals surface area contributed by atoms with Crippen molar-refractivity contribution in [2.45, 2.75) is 26.9 Å². The second kappa shape index (κ2) is 5.77. The number of halogens is 1. The molecule has 1 N–H and O–H groups in total. The summed E-state index contributed by atoms with van der Waals surface area (Å²) >= 11 is 5.89. The highest BCUT2D eigenvalue weighted by Gasteiger charge is 2.27. The molecule has 0 spiro atoms. The zero-order valence-electron chi connectivity index (χ0n) is 11.8. The number of nitrogens with zero attached hydrogens (tertiary/aromatic N) is 3. The summed E-state index contributed by atoms with van der Waals surface area (Å²) in [5.41, 5.74) is 1.32. The molecule has 0 aliphatic heterocycles. The van der Waals surface area contributed by atoms with Crippen molar-refractivity contribution >= 4 is 23.4 Å². The molecule has 0 amide bonds. The summed E-state index contributed by atoms with van der Waals surface area (Å²) in [5.74, 6) is 0. The van der Waals surface area contributed by atoms with Gasteiger partial charge in [0.05, 0.1) is 5.70 Å². The molecule has 0 unspecified atom stereocenters. The van der Waals surface area contributed by atoms with Crippen molar-refractivity contribution < 1.29 is 5.11 Å². The second-order valence-corrected chi connectivity index (χ2v) is 6.17. The Bertz CT molecular complexity index is 583. The molecule has 2 rings (SSSR count). The Hall–Kier alpha value is -1.65. The maximum absolute atomic E-state index is 10.6. The van der Waals surface area contributed by atoms with Crippen molar-refractivity contribution in [3.05, 3.63) is 47.5 Å². The molecule has 4 nitrogen and oxygen atoms in total. The highest BCUT2D eigenvalue weighted by Crippen LogP contribution is 2.28. The Morgan fingerprint density at radius 2 is 1.95 bits per heavy atom. The fourth-order valence-corrected chi connectivity index (χ4v) is 1.91. The van der Waals surface area contributed by atoms with Crippen LogP contribution in [-0.2, 0) is 0 Å². The molecule has 0 aliphatic carbocycles. The minimum atomic E-state index is -0.667. The Balaban J connectivity index is 2.44. The van der Waals surface area contributed by atoms with Gasteiger partial charge in [0.15, 0.2) is 0 Å². The molecule has 0 aliphatic rings. The lowest BCUT2D eigenvalue weighted by Crippen LogP contribution is -2.29. The van der Waals surface area contributed by atoms with Gasteiger partial charge in [0, 0.05) is 5.02 Å². The molecule has 2 aromatic rings. The van der Waals surface area contributed by atoms with Crippen molar-refractivity contribution in [1.82, 2.24) is 14.8 Å². The molecule has 0 saturated heterocycles. The van der Waals surface area contributed by atoms with E-state index in [4.69, 9.17) is 11.6 Å². The highest BCUT2D eigenvalue weighted by molar-refractivity contribution is 6.30. The Labute approximate surface area is 123 Å². The van der Waals surface area contributed by atoms with Gasteiger partial charge in [-0.15, -0.1) is 0 Å². The maximum atomic E-state index is 10.6. The number of hydrogen-bond donors (Lipinski definition) is 1. The first kappa shape index (κ1) is 14.8. The van der Waals surface area contributed by atoms with Gasteiger partial charge in [-0.3, -0.25) is 0 Å². The topological polar surface area (TPSA) is 50.9 Å². The van der Waals surface area contributed by atoms with Crippen LogP contribution >= 0.6 is 11.6 Å². The van der Waals surface area contributed by atoms with Crippen molar-refractivity contribution in [3.63, 3.8) is 0 Å². The molecular weight excluding hydrogens is 274 g/mol. The lowest BCUT2D eigenvalue weighted by atomic mass is 9.86. The lowest BCUT2D eigenvalue weighted by Gasteiger charge is -2.27. The van der Waals surface area contributed by atoms with Crippen molar-refractivity contribution in [2.24, 2.45) is 5.41 Å². The number of aliphatic hydroxyl groups is 1. The third kappa shape index (κ3) is 3.46. The smallest absolute Gasteiger partial charge is 0.138 e. The van der Waals surface area contributed by atoms with E-state index >= 15 is 0 Å². The zero-order valence-corrected chi connectivity index (χ0v) is 12.5. The van der Waals surface area contributed by atoms with Crippen molar-refractivity contribution in [2.75, 3.05) is 0 Å². The molecule has 0 fully saturated rings. The average molecular weight is 292 g/mol. The van der Waals surface area contributed by atoms with E-state index in [1.165, 1.54) is 6.33 Å². The number of aromatic nitrogens is 3. The van der Waals surface area contributed by atoms with Crippen molar-refractivity contribution in [3.8, 4) is 0 Å². The molecule has 0 radical (unpaired) electrons. The molecule has 0 bridgehead atoms. The van der Waals surface area contributed by atoms with Crippen LogP contribution in [-0.4, -0.2) is 26.0 Å². The van der Waals surface area contributed by atoms with Crippen LogP contribution in [0.1, 0.15) is 26.3 Å². The summed E-state index contributed by atoms with van der Waals surface area (Å²) in [5, 5.41) is 15.3. The molecule has 1 atom stereocenters. The molecule has 1 aromatic heterocycles. The van der Waals surface area contributed by atoms with E-state index < -0.39 is 6.10 Å². The quantitative estimate of drug-likeness (QED) is 0.943. The Kier molecular flexibility index (Phi) is 4.26. The summed E-state index contributed by atoms with van der Waals surface area (Å²) in [6.45, 7) is 5.93. The molecule has 20 heavy (non-hydrogen) atoms. The summed E-state index contributed by atoms with van der Waals surface area (Å²) in [7, 11) is 0. The number of rotatable bonds is 3. The fourth-order valence-electron chi connectivity index (χ4n) is 1.79. The van der Waals surface area contributed by atoms with Gasteiger partial charge in [0.25, 0.3) is 0 Å². The molecule has 5 heteroatoms. The first-order chi connectivity index (χ1) is 9.38. The summed E-state index contributed by atoms with van der Waals surface area (Å²) < 4.78 is 1.59. The van der Waals surface area contributed by atoms with Gasteiger partial charge in [0.1, 0.15) is 18.8 Å². The lowest BCUT2D eigenvalue weighted by molar-refractivity contribution is 0.109.